The van der Waals surface area contributed by atoms with Crippen molar-refractivity contribution < 1.29 is 14.2 Å². The molecule has 0 saturated heterocycles. The number of ether oxygens (including phenoxy) is 3. The third-order valence-electron chi connectivity index (χ3n) is 2.68. The van der Waals surface area contributed by atoms with Crippen LogP contribution < -0.4 is 19.9 Å². The number of hydrogen-bond donors (Lipinski definition) is 1. The van der Waals surface area contributed by atoms with Gasteiger partial charge in [-0.1, -0.05) is 0 Å². The molecule has 108 valence electrons. The predicted octanol–water partition coefficient (Wildman–Crippen LogP) is 1.36. The number of methoxy groups -OCH3 is 2. The molecular weight excluding hydrogens is 244 g/mol. The first-order chi connectivity index (χ1) is 9.05. The van der Waals surface area contributed by atoms with Gasteiger partial charge in [-0.3, -0.25) is 0 Å². The minimum Gasteiger partial charge on any atom is -0.496 e. The van der Waals surface area contributed by atoms with Crippen molar-refractivity contribution in [1.29, 1.82) is 0 Å². The van der Waals surface area contributed by atoms with E-state index in [0.29, 0.717) is 18.1 Å². The topological polar surface area (TPSA) is 57.0 Å². The van der Waals surface area contributed by atoms with E-state index < -0.39 is 0 Å². The number of nitrogens with zero attached hydrogens (tertiary/aromatic N) is 1. The first-order valence-electron chi connectivity index (χ1n) is 6.31. The molecule has 0 aliphatic carbocycles. The lowest BCUT2D eigenvalue weighted by Crippen LogP contribution is -2.34. The van der Waals surface area contributed by atoms with Gasteiger partial charge in [0.05, 0.1) is 20.8 Å². The molecule has 19 heavy (non-hydrogen) atoms. The molecule has 0 aromatic heterocycles. The summed E-state index contributed by atoms with van der Waals surface area (Å²) in [5.74, 6) is 2.16. The van der Waals surface area contributed by atoms with Crippen LogP contribution in [0, 0.1) is 0 Å². The van der Waals surface area contributed by atoms with Crippen molar-refractivity contribution in [3.8, 4) is 17.2 Å². The Hall–Kier alpha value is -1.46. The molecule has 0 bridgehead atoms. The molecule has 0 aliphatic heterocycles. The Morgan fingerprint density at radius 2 is 1.58 bits per heavy atom. The number of benzene rings is 1. The van der Waals surface area contributed by atoms with Crippen LogP contribution in [-0.4, -0.2) is 52.4 Å². The van der Waals surface area contributed by atoms with Crippen LogP contribution in [0.25, 0.3) is 0 Å². The van der Waals surface area contributed by atoms with Crippen molar-refractivity contribution in [2.24, 2.45) is 5.73 Å². The molecule has 1 atom stereocenters. The van der Waals surface area contributed by atoms with E-state index >= 15 is 0 Å². The minimum atomic E-state index is 0.113. The van der Waals surface area contributed by atoms with Crippen LogP contribution in [0.2, 0.25) is 0 Å². The van der Waals surface area contributed by atoms with Gasteiger partial charge in [0.25, 0.3) is 0 Å². The van der Waals surface area contributed by atoms with Gasteiger partial charge in [0.2, 0.25) is 0 Å². The zero-order valence-corrected chi connectivity index (χ0v) is 12.2. The highest BCUT2D eigenvalue weighted by atomic mass is 16.5. The van der Waals surface area contributed by atoms with Gasteiger partial charge >= 0.3 is 0 Å². The lowest BCUT2D eigenvalue weighted by Gasteiger charge is -2.17. The average Bonchev–Trinajstić information content (AvgIpc) is 2.37. The third-order valence-corrected chi connectivity index (χ3v) is 2.68. The summed E-state index contributed by atoms with van der Waals surface area (Å²) in [7, 11) is 7.25. The van der Waals surface area contributed by atoms with Crippen LogP contribution in [0.15, 0.2) is 18.2 Å². The Labute approximate surface area is 115 Å². The fourth-order valence-electron chi connectivity index (χ4n) is 1.75. The maximum Gasteiger partial charge on any atom is 0.126 e. The molecule has 1 rings (SSSR count). The van der Waals surface area contributed by atoms with Gasteiger partial charge in [-0.05, 0) is 20.5 Å². The molecule has 2 N–H and O–H groups in total. The molecule has 5 nitrogen and oxygen atoms in total. The molecule has 1 aromatic carbocycles. The Balaban J connectivity index is 2.48. The monoisotopic (exact) mass is 268 g/mol. The van der Waals surface area contributed by atoms with Crippen LogP contribution in [0.5, 0.6) is 17.2 Å². The van der Waals surface area contributed by atoms with E-state index in [1.807, 2.05) is 32.3 Å². The van der Waals surface area contributed by atoms with Gasteiger partial charge in [-0.25, -0.2) is 0 Å². The highest BCUT2D eigenvalue weighted by Crippen LogP contribution is 2.27. The van der Waals surface area contributed by atoms with Crippen molar-refractivity contribution in [1.82, 2.24) is 4.90 Å². The zero-order valence-electron chi connectivity index (χ0n) is 12.2. The summed E-state index contributed by atoms with van der Waals surface area (Å²) >= 11 is 0. The summed E-state index contributed by atoms with van der Waals surface area (Å²) in [6.07, 6.45) is 0.803. The van der Waals surface area contributed by atoms with E-state index in [-0.39, 0.29) is 6.04 Å². The lowest BCUT2D eigenvalue weighted by atomic mass is 10.2. The fraction of sp³-hybridized carbons (Fsp3) is 0.571. The van der Waals surface area contributed by atoms with E-state index in [2.05, 4.69) is 4.90 Å². The number of rotatable bonds is 8. The van der Waals surface area contributed by atoms with E-state index in [0.717, 1.165) is 18.7 Å². The standard InChI is InChI=1S/C14H24N2O3/c1-16(2)10-11(15)5-6-19-14-8-12(17-3)7-13(9-14)18-4/h7-9,11H,5-6,10,15H2,1-4H3. The molecule has 0 aliphatic rings. The maximum absolute atomic E-state index is 5.98. The van der Waals surface area contributed by atoms with E-state index in [1.165, 1.54) is 0 Å². The highest BCUT2D eigenvalue weighted by molar-refractivity contribution is 5.41. The quantitative estimate of drug-likeness (QED) is 0.771. The molecule has 0 saturated carbocycles. The fourth-order valence-corrected chi connectivity index (χ4v) is 1.75. The maximum atomic E-state index is 5.98. The normalized spacial score (nSPS) is 12.3. The second-order valence-electron chi connectivity index (χ2n) is 4.71. The van der Waals surface area contributed by atoms with E-state index in [4.69, 9.17) is 19.9 Å². The highest BCUT2D eigenvalue weighted by Gasteiger charge is 2.06. The molecule has 0 radical (unpaired) electrons. The summed E-state index contributed by atoms with van der Waals surface area (Å²) in [5, 5.41) is 0. The molecule has 0 spiro atoms. The lowest BCUT2D eigenvalue weighted by molar-refractivity contribution is 0.274. The Morgan fingerprint density at radius 3 is 2.05 bits per heavy atom. The van der Waals surface area contributed by atoms with Gasteiger partial charge in [-0.15, -0.1) is 0 Å². The smallest absolute Gasteiger partial charge is 0.126 e. The first kappa shape index (κ1) is 15.6. The molecule has 5 heteroatoms. The Morgan fingerprint density at radius 1 is 1.05 bits per heavy atom. The zero-order chi connectivity index (χ0) is 14.3. The molecule has 1 unspecified atom stereocenters. The SMILES string of the molecule is COc1cc(OC)cc(OCCC(N)CN(C)C)c1. The Kier molecular flexibility index (Phi) is 6.45. The molecular formula is C14H24N2O3. The number of likely N-dealkylation sites (N-methyl/N-ethyl adjacent to an activating group) is 1. The summed E-state index contributed by atoms with van der Waals surface area (Å²) < 4.78 is 16.1. The second-order valence-corrected chi connectivity index (χ2v) is 4.71. The van der Waals surface area contributed by atoms with Crippen LogP contribution in [0.3, 0.4) is 0 Å². The Bertz CT molecular complexity index is 361. The van der Waals surface area contributed by atoms with Gasteiger partial charge in [0.1, 0.15) is 17.2 Å². The molecule has 1 aromatic rings. The van der Waals surface area contributed by atoms with Crippen LogP contribution in [-0.2, 0) is 0 Å². The van der Waals surface area contributed by atoms with Crippen molar-refractivity contribution in [2.75, 3.05) is 41.5 Å². The number of nitrogens with two attached hydrogens (primary N) is 1. The van der Waals surface area contributed by atoms with Crippen molar-refractivity contribution >= 4 is 0 Å². The molecule has 0 amide bonds. The molecule has 0 fully saturated rings. The van der Waals surface area contributed by atoms with Crippen LogP contribution in [0.1, 0.15) is 6.42 Å². The summed E-state index contributed by atoms with van der Waals surface area (Å²) in [6, 6.07) is 5.59. The van der Waals surface area contributed by atoms with Crippen LogP contribution in [0.4, 0.5) is 0 Å². The summed E-state index contributed by atoms with van der Waals surface area (Å²) in [5.41, 5.74) is 5.98. The third kappa shape index (κ3) is 5.81. The molecule has 0 heterocycles. The first-order valence-corrected chi connectivity index (χ1v) is 6.31. The van der Waals surface area contributed by atoms with Gasteiger partial charge in [-0.2, -0.15) is 0 Å². The second kappa shape index (κ2) is 7.86. The van der Waals surface area contributed by atoms with E-state index in [1.54, 1.807) is 14.2 Å². The predicted molar refractivity (Wildman–Crippen MR) is 76.2 cm³/mol. The largest absolute Gasteiger partial charge is 0.496 e. The van der Waals surface area contributed by atoms with Crippen molar-refractivity contribution in [2.45, 2.75) is 12.5 Å². The average molecular weight is 268 g/mol. The van der Waals surface area contributed by atoms with E-state index in [9.17, 15) is 0 Å². The van der Waals surface area contributed by atoms with Gasteiger partial charge < -0.3 is 24.8 Å². The summed E-state index contributed by atoms with van der Waals surface area (Å²) in [4.78, 5) is 2.07. The van der Waals surface area contributed by atoms with Crippen LogP contribution >= 0.6 is 0 Å². The van der Waals surface area contributed by atoms with Crippen molar-refractivity contribution in [3.05, 3.63) is 18.2 Å². The summed E-state index contributed by atoms with van der Waals surface area (Å²) in [6.45, 7) is 1.43. The van der Waals surface area contributed by atoms with Gasteiger partial charge in [0, 0.05) is 30.8 Å². The van der Waals surface area contributed by atoms with Gasteiger partial charge in [0.15, 0.2) is 0 Å². The minimum absolute atomic E-state index is 0.113. The van der Waals surface area contributed by atoms with Crippen molar-refractivity contribution in [3.63, 3.8) is 0 Å². The number of hydrogen-bond acceptors (Lipinski definition) is 5.